The molecule has 4 heteroatoms. The summed E-state index contributed by atoms with van der Waals surface area (Å²) in [7, 11) is 0. The predicted octanol–water partition coefficient (Wildman–Crippen LogP) is 3.23. The molecule has 0 saturated carbocycles. The first-order chi connectivity index (χ1) is 9.93. The Kier molecular flexibility index (Phi) is 5.57. The molecule has 3 rings (SSSR count). The Morgan fingerprint density at radius 1 is 1.15 bits per heavy atom. The molecule has 1 N–H and O–H groups in total. The fourth-order valence-corrected chi connectivity index (χ4v) is 5.60. The first kappa shape index (κ1) is 14.6. The maximum atomic E-state index is 3.67. The molecule has 110 valence electrons. The largest absolute Gasteiger partial charge is 0.371 e. The highest BCUT2D eigenvalue weighted by Crippen LogP contribution is 2.25. The molecule has 2 saturated heterocycles. The molecular weight excluding hydrogens is 284 g/mol. The minimum absolute atomic E-state index is 0.799. The van der Waals surface area contributed by atoms with Crippen molar-refractivity contribution in [2.24, 2.45) is 0 Å². The monoisotopic (exact) mass is 308 g/mol. The van der Waals surface area contributed by atoms with Crippen LogP contribution in [0.2, 0.25) is 0 Å². The average molecular weight is 309 g/mol. The molecule has 2 nitrogen and oxygen atoms in total. The number of benzene rings is 1. The lowest BCUT2D eigenvalue weighted by molar-refractivity contribution is 0.684. The van der Waals surface area contributed by atoms with Gasteiger partial charge >= 0.3 is 0 Å². The van der Waals surface area contributed by atoms with Crippen molar-refractivity contribution in [3.05, 3.63) is 29.8 Å². The fourth-order valence-electron chi connectivity index (χ4n) is 2.95. The van der Waals surface area contributed by atoms with E-state index in [4.69, 9.17) is 0 Å². The van der Waals surface area contributed by atoms with Crippen LogP contribution in [0.15, 0.2) is 24.3 Å². The third kappa shape index (κ3) is 3.86. The molecule has 2 heterocycles. The topological polar surface area (TPSA) is 15.3 Å². The normalized spacial score (nSPS) is 23.2. The van der Waals surface area contributed by atoms with E-state index in [2.05, 4.69) is 58.0 Å². The van der Waals surface area contributed by atoms with Gasteiger partial charge in [0.25, 0.3) is 0 Å². The van der Waals surface area contributed by atoms with Crippen LogP contribution < -0.4 is 10.2 Å². The summed E-state index contributed by atoms with van der Waals surface area (Å²) in [5.41, 5.74) is 2.91. The Morgan fingerprint density at radius 2 is 2.00 bits per heavy atom. The van der Waals surface area contributed by atoms with Gasteiger partial charge in [0, 0.05) is 54.4 Å². The van der Waals surface area contributed by atoms with E-state index in [-0.39, 0.29) is 0 Å². The zero-order valence-corrected chi connectivity index (χ0v) is 13.6. The summed E-state index contributed by atoms with van der Waals surface area (Å²) in [6.07, 6.45) is 2.69. The molecule has 0 spiro atoms. The molecule has 0 aromatic heterocycles. The standard InChI is InChI=1S/C16H24N2S2/c1-2-6-16(18-7-3-4-8-18)14(5-1)11-17-12-15-13-19-9-10-20-15/h1-2,5-6,15,17H,3-4,7-13H2. The minimum atomic E-state index is 0.799. The SMILES string of the molecule is c1ccc(N2CCCC2)c(CNCC2CSCCS2)c1. The first-order valence-corrected chi connectivity index (χ1v) is 9.87. The van der Waals surface area contributed by atoms with Crippen LogP contribution in [0, 0.1) is 0 Å². The average Bonchev–Trinajstić information content (AvgIpc) is 3.03. The molecule has 20 heavy (non-hydrogen) atoms. The Hall–Kier alpha value is -0.320. The maximum absolute atomic E-state index is 3.67. The lowest BCUT2D eigenvalue weighted by Crippen LogP contribution is -2.29. The third-order valence-electron chi connectivity index (χ3n) is 4.01. The summed E-state index contributed by atoms with van der Waals surface area (Å²) in [6, 6.07) is 8.91. The highest BCUT2D eigenvalue weighted by molar-refractivity contribution is 8.06. The van der Waals surface area contributed by atoms with Gasteiger partial charge < -0.3 is 10.2 Å². The van der Waals surface area contributed by atoms with Crippen molar-refractivity contribution in [1.82, 2.24) is 5.32 Å². The second-order valence-electron chi connectivity index (χ2n) is 5.52. The summed E-state index contributed by atoms with van der Waals surface area (Å²) >= 11 is 4.24. The zero-order valence-electron chi connectivity index (χ0n) is 12.0. The van der Waals surface area contributed by atoms with Crippen LogP contribution in [-0.4, -0.2) is 42.1 Å². The van der Waals surface area contributed by atoms with Crippen molar-refractivity contribution in [1.29, 1.82) is 0 Å². The van der Waals surface area contributed by atoms with Crippen molar-refractivity contribution in [2.75, 3.05) is 41.8 Å². The third-order valence-corrected chi connectivity index (χ3v) is 6.86. The van der Waals surface area contributed by atoms with Gasteiger partial charge in [-0.05, 0) is 24.5 Å². The molecule has 0 radical (unpaired) electrons. The van der Waals surface area contributed by atoms with Gasteiger partial charge in [-0.25, -0.2) is 0 Å². The van der Waals surface area contributed by atoms with E-state index in [1.807, 2.05) is 0 Å². The molecule has 1 aromatic carbocycles. The van der Waals surface area contributed by atoms with Gasteiger partial charge in [-0.3, -0.25) is 0 Å². The highest BCUT2D eigenvalue weighted by Gasteiger charge is 2.16. The quantitative estimate of drug-likeness (QED) is 0.898. The molecule has 1 aromatic rings. The van der Waals surface area contributed by atoms with Crippen molar-refractivity contribution < 1.29 is 0 Å². The molecular formula is C16H24N2S2. The lowest BCUT2D eigenvalue weighted by atomic mass is 10.1. The van der Waals surface area contributed by atoms with E-state index in [9.17, 15) is 0 Å². The number of hydrogen-bond donors (Lipinski definition) is 1. The Labute approximate surface area is 131 Å². The maximum Gasteiger partial charge on any atom is 0.0411 e. The molecule has 2 fully saturated rings. The molecule has 1 unspecified atom stereocenters. The van der Waals surface area contributed by atoms with Gasteiger partial charge in [-0.15, -0.1) is 0 Å². The number of para-hydroxylation sites is 1. The molecule has 2 aliphatic rings. The van der Waals surface area contributed by atoms with Crippen molar-refractivity contribution in [2.45, 2.75) is 24.6 Å². The second kappa shape index (κ2) is 7.62. The summed E-state index contributed by atoms with van der Waals surface area (Å²) < 4.78 is 0. The van der Waals surface area contributed by atoms with Crippen LogP contribution in [0.5, 0.6) is 0 Å². The highest BCUT2D eigenvalue weighted by atomic mass is 32.2. The zero-order chi connectivity index (χ0) is 13.6. The Balaban J connectivity index is 1.53. The smallest absolute Gasteiger partial charge is 0.0411 e. The summed E-state index contributed by atoms with van der Waals surface area (Å²) in [5, 5.41) is 4.47. The van der Waals surface area contributed by atoms with E-state index >= 15 is 0 Å². The van der Waals surface area contributed by atoms with E-state index < -0.39 is 0 Å². The van der Waals surface area contributed by atoms with E-state index in [0.717, 1.165) is 18.3 Å². The number of rotatable bonds is 5. The van der Waals surface area contributed by atoms with Crippen LogP contribution in [0.25, 0.3) is 0 Å². The molecule has 0 aliphatic carbocycles. The van der Waals surface area contributed by atoms with Crippen LogP contribution in [0.3, 0.4) is 0 Å². The van der Waals surface area contributed by atoms with Crippen LogP contribution in [0.4, 0.5) is 5.69 Å². The van der Waals surface area contributed by atoms with Crippen molar-refractivity contribution in [3.63, 3.8) is 0 Å². The summed E-state index contributed by atoms with van der Waals surface area (Å²) in [6.45, 7) is 4.61. The van der Waals surface area contributed by atoms with Gasteiger partial charge in [-0.1, -0.05) is 18.2 Å². The van der Waals surface area contributed by atoms with Gasteiger partial charge in [-0.2, -0.15) is 23.5 Å². The minimum Gasteiger partial charge on any atom is -0.371 e. The van der Waals surface area contributed by atoms with Gasteiger partial charge in [0.15, 0.2) is 0 Å². The molecule has 2 aliphatic heterocycles. The van der Waals surface area contributed by atoms with Crippen LogP contribution in [0.1, 0.15) is 18.4 Å². The molecule has 1 atom stereocenters. The van der Waals surface area contributed by atoms with Gasteiger partial charge in [0.05, 0.1) is 0 Å². The van der Waals surface area contributed by atoms with Crippen molar-refractivity contribution in [3.8, 4) is 0 Å². The number of anilines is 1. The summed E-state index contributed by atoms with van der Waals surface area (Å²) in [4.78, 5) is 2.54. The first-order valence-electron chi connectivity index (χ1n) is 7.66. The van der Waals surface area contributed by atoms with Gasteiger partial charge in [0.1, 0.15) is 0 Å². The molecule has 0 bridgehead atoms. The van der Waals surface area contributed by atoms with Crippen molar-refractivity contribution >= 4 is 29.2 Å². The van der Waals surface area contributed by atoms with E-state index in [1.54, 1.807) is 0 Å². The molecule has 0 amide bonds. The number of nitrogens with one attached hydrogen (secondary N) is 1. The predicted molar refractivity (Wildman–Crippen MR) is 93.2 cm³/mol. The Morgan fingerprint density at radius 3 is 2.80 bits per heavy atom. The lowest BCUT2D eigenvalue weighted by Gasteiger charge is -2.23. The van der Waals surface area contributed by atoms with E-state index in [0.29, 0.717) is 0 Å². The second-order valence-corrected chi connectivity index (χ2v) is 8.08. The van der Waals surface area contributed by atoms with Gasteiger partial charge in [0.2, 0.25) is 0 Å². The number of hydrogen-bond acceptors (Lipinski definition) is 4. The number of nitrogens with zero attached hydrogens (tertiary/aromatic N) is 1. The Bertz CT molecular complexity index is 413. The fraction of sp³-hybridized carbons (Fsp3) is 0.625. The van der Waals surface area contributed by atoms with E-state index in [1.165, 1.54) is 54.4 Å². The number of thioether (sulfide) groups is 2. The summed E-state index contributed by atoms with van der Waals surface area (Å²) in [5.74, 6) is 3.96. The van der Waals surface area contributed by atoms with Crippen LogP contribution >= 0.6 is 23.5 Å². The van der Waals surface area contributed by atoms with Crippen LogP contribution in [-0.2, 0) is 6.54 Å².